The van der Waals surface area contributed by atoms with Crippen LogP contribution in [0.1, 0.15) is 21.6 Å². The Morgan fingerprint density at radius 1 is 1.37 bits per heavy atom. The Kier molecular flexibility index (Phi) is 2.79. The first-order chi connectivity index (χ1) is 9.15. The standard InChI is InChI=1S/C13H13N3O3/c1-16-14-11(12(15-16)13(17)18)9-2-3-10-7-19-5-4-8(10)6-9/h2-3,6H,4-5,7H2,1H3,(H,17,18). The average Bonchev–Trinajstić information content (AvgIpc) is 2.80. The first-order valence-corrected chi connectivity index (χ1v) is 5.99. The van der Waals surface area contributed by atoms with E-state index in [0.717, 1.165) is 17.5 Å². The Hall–Kier alpha value is -2.21. The number of ether oxygens (including phenoxy) is 1. The molecule has 0 unspecified atom stereocenters. The predicted octanol–water partition coefficient (Wildman–Crippen LogP) is 1.25. The maximum atomic E-state index is 11.2. The van der Waals surface area contributed by atoms with Crippen LogP contribution in [0, 0.1) is 0 Å². The molecule has 1 aliphatic heterocycles. The largest absolute Gasteiger partial charge is 0.476 e. The maximum absolute atomic E-state index is 11.2. The fraction of sp³-hybridized carbons (Fsp3) is 0.308. The molecular formula is C13H13N3O3. The third-order valence-electron chi connectivity index (χ3n) is 3.17. The van der Waals surface area contributed by atoms with Gasteiger partial charge in [-0.15, -0.1) is 5.10 Å². The second-order valence-electron chi connectivity index (χ2n) is 4.48. The number of aromatic nitrogens is 3. The minimum absolute atomic E-state index is 0.0190. The van der Waals surface area contributed by atoms with Crippen LogP contribution < -0.4 is 0 Å². The SMILES string of the molecule is Cn1nc(C(=O)O)c(-c2ccc3c(c2)CCOC3)n1. The summed E-state index contributed by atoms with van der Waals surface area (Å²) >= 11 is 0. The van der Waals surface area contributed by atoms with Gasteiger partial charge in [-0.1, -0.05) is 12.1 Å². The first kappa shape index (κ1) is 11.9. The van der Waals surface area contributed by atoms with Gasteiger partial charge in [-0.25, -0.2) is 4.79 Å². The van der Waals surface area contributed by atoms with E-state index in [-0.39, 0.29) is 5.69 Å². The van der Waals surface area contributed by atoms with Gasteiger partial charge >= 0.3 is 5.97 Å². The van der Waals surface area contributed by atoms with Crippen molar-refractivity contribution in [2.24, 2.45) is 7.05 Å². The molecule has 0 atom stereocenters. The van der Waals surface area contributed by atoms with Crippen molar-refractivity contribution < 1.29 is 14.6 Å². The molecule has 0 saturated carbocycles. The van der Waals surface area contributed by atoms with Gasteiger partial charge in [0.05, 0.1) is 13.2 Å². The Labute approximate surface area is 109 Å². The first-order valence-electron chi connectivity index (χ1n) is 5.99. The van der Waals surface area contributed by atoms with Crippen LogP contribution in [-0.4, -0.2) is 32.7 Å². The van der Waals surface area contributed by atoms with Crippen molar-refractivity contribution in [3.05, 3.63) is 35.0 Å². The second-order valence-corrected chi connectivity index (χ2v) is 4.48. The molecule has 1 aromatic heterocycles. The molecule has 0 spiro atoms. The summed E-state index contributed by atoms with van der Waals surface area (Å²) in [6, 6.07) is 5.81. The van der Waals surface area contributed by atoms with E-state index >= 15 is 0 Å². The van der Waals surface area contributed by atoms with Crippen molar-refractivity contribution >= 4 is 5.97 Å². The highest BCUT2D eigenvalue weighted by atomic mass is 16.5. The van der Waals surface area contributed by atoms with Crippen molar-refractivity contribution in [3.8, 4) is 11.3 Å². The lowest BCUT2D eigenvalue weighted by Crippen LogP contribution is -2.09. The minimum Gasteiger partial charge on any atom is -0.476 e. The van der Waals surface area contributed by atoms with Crippen molar-refractivity contribution in [1.29, 1.82) is 0 Å². The molecular weight excluding hydrogens is 246 g/mol. The van der Waals surface area contributed by atoms with Crippen molar-refractivity contribution in [1.82, 2.24) is 15.0 Å². The van der Waals surface area contributed by atoms with E-state index in [9.17, 15) is 4.79 Å². The average molecular weight is 259 g/mol. The summed E-state index contributed by atoms with van der Waals surface area (Å²) in [6.07, 6.45) is 0.839. The molecule has 2 heterocycles. The fourth-order valence-electron chi connectivity index (χ4n) is 2.26. The Morgan fingerprint density at radius 2 is 2.21 bits per heavy atom. The number of carbonyl (C=O) groups is 1. The van der Waals surface area contributed by atoms with Gasteiger partial charge < -0.3 is 9.84 Å². The Bertz CT molecular complexity index is 649. The molecule has 0 radical (unpaired) electrons. The molecule has 1 N–H and O–H groups in total. The topological polar surface area (TPSA) is 77.2 Å². The molecule has 6 nitrogen and oxygen atoms in total. The molecule has 1 aliphatic rings. The normalized spacial score (nSPS) is 14.2. The number of carboxylic acid groups (broad SMARTS) is 1. The van der Waals surface area contributed by atoms with E-state index in [0.29, 0.717) is 18.9 Å². The molecule has 3 rings (SSSR count). The highest BCUT2D eigenvalue weighted by Crippen LogP contribution is 2.25. The van der Waals surface area contributed by atoms with E-state index in [1.54, 1.807) is 7.05 Å². The van der Waals surface area contributed by atoms with Gasteiger partial charge in [0.25, 0.3) is 0 Å². The molecule has 6 heteroatoms. The summed E-state index contributed by atoms with van der Waals surface area (Å²) in [6.45, 7) is 1.31. The van der Waals surface area contributed by atoms with Crippen molar-refractivity contribution in [3.63, 3.8) is 0 Å². The lowest BCUT2D eigenvalue weighted by atomic mass is 9.98. The van der Waals surface area contributed by atoms with Crippen LogP contribution in [0.15, 0.2) is 18.2 Å². The molecule has 1 aromatic carbocycles. The van der Waals surface area contributed by atoms with E-state index in [1.807, 2.05) is 18.2 Å². The smallest absolute Gasteiger partial charge is 0.358 e. The predicted molar refractivity (Wildman–Crippen MR) is 66.8 cm³/mol. The lowest BCUT2D eigenvalue weighted by molar-refractivity contribution is 0.0690. The summed E-state index contributed by atoms with van der Waals surface area (Å²) in [5.41, 5.74) is 3.51. The van der Waals surface area contributed by atoms with Crippen LogP contribution in [0.25, 0.3) is 11.3 Å². The summed E-state index contributed by atoms with van der Waals surface area (Å²) in [7, 11) is 1.61. The number of benzene rings is 1. The van der Waals surface area contributed by atoms with Crippen LogP contribution in [0.4, 0.5) is 0 Å². The fourth-order valence-corrected chi connectivity index (χ4v) is 2.26. The highest BCUT2D eigenvalue weighted by molar-refractivity contribution is 5.92. The minimum atomic E-state index is -1.07. The van der Waals surface area contributed by atoms with Crippen molar-refractivity contribution in [2.45, 2.75) is 13.0 Å². The van der Waals surface area contributed by atoms with Crippen LogP contribution in [0.3, 0.4) is 0 Å². The second kappa shape index (κ2) is 4.47. The number of hydrogen-bond acceptors (Lipinski definition) is 4. The Morgan fingerprint density at radius 3 is 3.00 bits per heavy atom. The van der Waals surface area contributed by atoms with Gasteiger partial charge in [0.15, 0.2) is 5.69 Å². The monoisotopic (exact) mass is 259 g/mol. The van der Waals surface area contributed by atoms with Gasteiger partial charge in [-0.3, -0.25) is 0 Å². The van der Waals surface area contributed by atoms with Gasteiger partial charge in [0, 0.05) is 12.6 Å². The van der Waals surface area contributed by atoms with Crippen molar-refractivity contribution in [2.75, 3.05) is 6.61 Å². The van der Waals surface area contributed by atoms with Crippen LogP contribution in [-0.2, 0) is 24.8 Å². The van der Waals surface area contributed by atoms with E-state index < -0.39 is 5.97 Å². The zero-order valence-corrected chi connectivity index (χ0v) is 10.5. The summed E-state index contributed by atoms with van der Waals surface area (Å²) in [5.74, 6) is -1.07. The zero-order valence-electron chi connectivity index (χ0n) is 10.5. The molecule has 98 valence electrons. The number of aromatic carboxylic acids is 1. The molecule has 2 aromatic rings. The third-order valence-corrected chi connectivity index (χ3v) is 3.17. The number of rotatable bonds is 2. The zero-order chi connectivity index (χ0) is 13.4. The van der Waals surface area contributed by atoms with E-state index in [4.69, 9.17) is 9.84 Å². The molecule has 19 heavy (non-hydrogen) atoms. The summed E-state index contributed by atoms with van der Waals surface area (Å²) < 4.78 is 5.38. The van der Waals surface area contributed by atoms with Gasteiger partial charge in [0.2, 0.25) is 0 Å². The van der Waals surface area contributed by atoms with E-state index in [2.05, 4.69) is 10.2 Å². The number of fused-ring (bicyclic) bond motifs is 1. The summed E-state index contributed by atoms with van der Waals surface area (Å²) in [5, 5.41) is 17.2. The number of aryl methyl sites for hydroxylation is 1. The van der Waals surface area contributed by atoms with Crippen LogP contribution in [0.2, 0.25) is 0 Å². The molecule has 0 saturated heterocycles. The number of nitrogens with zero attached hydrogens (tertiary/aromatic N) is 3. The quantitative estimate of drug-likeness (QED) is 0.878. The number of carboxylic acids is 1. The highest BCUT2D eigenvalue weighted by Gasteiger charge is 2.19. The Balaban J connectivity index is 2.09. The van der Waals surface area contributed by atoms with Gasteiger partial charge in [-0.2, -0.15) is 9.90 Å². The lowest BCUT2D eigenvalue weighted by Gasteiger charge is -2.16. The van der Waals surface area contributed by atoms with Gasteiger partial charge in [-0.05, 0) is 23.6 Å². The number of hydrogen-bond donors (Lipinski definition) is 1. The van der Waals surface area contributed by atoms with E-state index in [1.165, 1.54) is 10.4 Å². The van der Waals surface area contributed by atoms with Gasteiger partial charge in [0.1, 0.15) is 5.69 Å². The molecule has 0 bridgehead atoms. The maximum Gasteiger partial charge on any atom is 0.358 e. The van der Waals surface area contributed by atoms with Crippen LogP contribution in [0.5, 0.6) is 0 Å². The molecule has 0 amide bonds. The third kappa shape index (κ3) is 2.10. The van der Waals surface area contributed by atoms with Crippen LogP contribution >= 0.6 is 0 Å². The molecule has 0 aliphatic carbocycles. The summed E-state index contributed by atoms with van der Waals surface area (Å²) in [4.78, 5) is 12.4. The molecule has 0 fully saturated rings.